The highest BCUT2D eigenvalue weighted by atomic mass is 16.5. The van der Waals surface area contributed by atoms with Crippen molar-refractivity contribution in [2.45, 2.75) is 32.2 Å². The van der Waals surface area contributed by atoms with Crippen LogP contribution < -0.4 is 15.0 Å². The Morgan fingerprint density at radius 2 is 2.10 bits per heavy atom. The predicted octanol–water partition coefficient (Wildman–Crippen LogP) is 3.62. The Hall–Kier alpha value is -3.19. The number of aromatic nitrogens is 3. The fourth-order valence-corrected chi connectivity index (χ4v) is 4.09. The van der Waals surface area contributed by atoms with E-state index in [-0.39, 0.29) is 11.5 Å². The molecule has 1 N–H and O–H groups in total. The first-order valence-corrected chi connectivity index (χ1v) is 10.7. The fourth-order valence-electron chi connectivity index (χ4n) is 4.09. The summed E-state index contributed by atoms with van der Waals surface area (Å²) in [5.74, 6) is 2.25. The quantitative estimate of drug-likeness (QED) is 0.629. The van der Waals surface area contributed by atoms with Crippen LogP contribution in [0.1, 0.15) is 36.9 Å². The Labute approximate surface area is 182 Å². The molecule has 1 fully saturated rings. The van der Waals surface area contributed by atoms with Gasteiger partial charge in [-0.05, 0) is 56.1 Å². The summed E-state index contributed by atoms with van der Waals surface area (Å²) in [5, 5.41) is 0. The van der Waals surface area contributed by atoms with E-state index >= 15 is 0 Å². The van der Waals surface area contributed by atoms with Gasteiger partial charge in [0.25, 0.3) is 5.56 Å². The first-order valence-electron chi connectivity index (χ1n) is 10.7. The molecule has 0 bridgehead atoms. The molecular formula is C24H28N4O3. The maximum atomic E-state index is 12.3. The molecule has 3 aromatic rings. The van der Waals surface area contributed by atoms with Gasteiger partial charge in [0.1, 0.15) is 5.69 Å². The van der Waals surface area contributed by atoms with Crippen LogP contribution in [0.2, 0.25) is 0 Å². The summed E-state index contributed by atoms with van der Waals surface area (Å²) in [5.41, 5.74) is 2.54. The number of benzene rings is 1. The minimum Gasteiger partial charge on any atom is -0.493 e. The number of H-pyrrole nitrogens is 1. The molecule has 1 atom stereocenters. The van der Waals surface area contributed by atoms with Gasteiger partial charge in [-0.2, -0.15) is 0 Å². The summed E-state index contributed by atoms with van der Waals surface area (Å²) in [6.45, 7) is 5.25. The summed E-state index contributed by atoms with van der Waals surface area (Å²) in [6, 6.07) is 13.3. The lowest BCUT2D eigenvalue weighted by molar-refractivity contribution is 0.198. The summed E-state index contributed by atoms with van der Waals surface area (Å²) in [6.07, 6.45) is 3.78. The zero-order valence-corrected chi connectivity index (χ0v) is 18.0. The van der Waals surface area contributed by atoms with E-state index < -0.39 is 0 Å². The topological polar surface area (TPSA) is 80.3 Å². The third-order valence-electron chi connectivity index (χ3n) is 5.53. The van der Waals surface area contributed by atoms with E-state index in [1.54, 1.807) is 19.4 Å². The zero-order chi connectivity index (χ0) is 21.6. The first-order chi connectivity index (χ1) is 15.2. The highest BCUT2D eigenvalue weighted by Gasteiger charge is 2.24. The molecule has 0 aliphatic carbocycles. The van der Waals surface area contributed by atoms with Crippen LogP contribution in [0.5, 0.6) is 11.5 Å². The molecule has 4 rings (SSSR count). The molecule has 1 saturated heterocycles. The van der Waals surface area contributed by atoms with Gasteiger partial charge in [0.15, 0.2) is 17.3 Å². The lowest BCUT2D eigenvalue weighted by Gasteiger charge is -2.32. The van der Waals surface area contributed by atoms with Crippen LogP contribution in [0.25, 0.3) is 11.5 Å². The van der Waals surface area contributed by atoms with Crippen LogP contribution in [0, 0.1) is 0 Å². The second kappa shape index (κ2) is 9.75. The fraction of sp³-hybridized carbons (Fsp3) is 0.375. The lowest BCUT2D eigenvalue weighted by atomic mass is 9.94. The summed E-state index contributed by atoms with van der Waals surface area (Å²) >= 11 is 0. The molecule has 162 valence electrons. The van der Waals surface area contributed by atoms with Gasteiger partial charge in [0.05, 0.1) is 19.4 Å². The van der Waals surface area contributed by atoms with Crippen molar-refractivity contribution in [1.82, 2.24) is 19.9 Å². The number of hydrogen-bond acceptors (Lipinski definition) is 6. The monoisotopic (exact) mass is 420 g/mol. The van der Waals surface area contributed by atoms with Crippen molar-refractivity contribution in [2.75, 3.05) is 26.8 Å². The Bertz CT molecular complexity index is 1070. The van der Waals surface area contributed by atoms with Gasteiger partial charge in [-0.25, -0.2) is 4.98 Å². The van der Waals surface area contributed by atoms with Crippen LogP contribution >= 0.6 is 0 Å². The third-order valence-corrected chi connectivity index (χ3v) is 5.53. The minimum absolute atomic E-state index is 0.140. The largest absolute Gasteiger partial charge is 0.493 e. The van der Waals surface area contributed by atoms with Crippen molar-refractivity contribution in [3.8, 4) is 23.0 Å². The van der Waals surface area contributed by atoms with Crippen LogP contribution in [0.3, 0.4) is 0 Å². The standard InChI is InChI=1S/C24H28N4O3/c1-3-31-21-10-9-17(13-22(21)30-2)15-28-12-6-7-18(16-28)20-14-23(29)27-24(26-20)19-8-4-5-11-25-19/h4-5,8-11,13-14,18H,3,6-7,12,15-16H2,1-2H3,(H,26,27,29). The average Bonchev–Trinajstić information content (AvgIpc) is 2.80. The van der Waals surface area contributed by atoms with Crippen molar-refractivity contribution in [3.63, 3.8) is 0 Å². The molecular weight excluding hydrogens is 392 g/mol. The smallest absolute Gasteiger partial charge is 0.251 e. The summed E-state index contributed by atoms with van der Waals surface area (Å²) in [4.78, 5) is 26.6. The number of aromatic amines is 1. The van der Waals surface area contributed by atoms with Crippen molar-refractivity contribution in [3.05, 3.63) is 70.3 Å². The zero-order valence-electron chi connectivity index (χ0n) is 18.0. The van der Waals surface area contributed by atoms with Crippen LogP contribution in [-0.4, -0.2) is 46.7 Å². The second-order valence-corrected chi connectivity index (χ2v) is 7.73. The molecule has 1 unspecified atom stereocenters. The normalized spacial score (nSPS) is 16.8. The molecule has 3 heterocycles. The minimum atomic E-state index is -0.140. The van der Waals surface area contributed by atoms with E-state index in [4.69, 9.17) is 14.5 Å². The number of pyridine rings is 1. The molecule has 0 amide bonds. The predicted molar refractivity (Wildman–Crippen MR) is 120 cm³/mol. The van der Waals surface area contributed by atoms with Crippen LogP contribution in [-0.2, 0) is 6.54 Å². The van der Waals surface area contributed by atoms with Gasteiger partial charge in [-0.1, -0.05) is 12.1 Å². The number of piperidine rings is 1. The number of nitrogens with zero attached hydrogens (tertiary/aromatic N) is 3. The SMILES string of the molecule is CCOc1ccc(CN2CCCC(c3cc(=O)[nH]c(-c4ccccn4)n3)C2)cc1OC. The van der Waals surface area contributed by atoms with Crippen LogP contribution in [0.15, 0.2) is 53.5 Å². The number of rotatable bonds is 7. The Balaban J connectivity index is 1.50. The molecule has 0 spiro atoms. The maximum Gasteiger partial charge on any atom is 0.251 e. The lowest BCUT2D eigenvalue weighted by Crippen LogP contribution is -2.34. The third kappa shape index (κ3) is 5.11. The van der Waals surface area contributed by atoms with Gasteiger partial charge in [0.2, 0.25) is 0 Å². The van der Waals surface area contributed by atoms with Gasteiger partial charge in [0, 0.05) is 31.3 Å². The van der Waals surface area contributed by atoms with Gasteiger partial charge in [-0.3, -0.25) is 14.7 Å². The Kier molecular flexibility index (Phi) is 6.62. The highest BCUT2D eigenvalue weighted by Crippen LogP contribution is 2.30. The van der Waals surface area contributed by atoms with E-state index in [9.17, 15) is 4.79 Å². The molecule has 0 radical (unpaired) electrons. The summed E-state index contributed by atoms with van der Waals surface area (Å²) in [7, 11) is 1.66. The summed E-state index contributed by atoms with van der Waals surface area (Å²) < 4.78 is 11.1. The van der Waals surface area contributed by atoms with E-state index in [0.717, 1.165) is 49.7 Å². The first kappa shape index (κ1) is 21.1. The molecule has 2 aromatic heterocycles. The second-order valence-electron chi connectivity index (χ2n) is 7.73. The molecule has 1 aliphatic rings. The molecule has 0 saturated carbocycles. The molecule has 1 aliphatic heterocycles. The van der Waals surface area contributed by atoms with E-state index in [2.05, 4.69) is 20.9 Å². The van der Waals surface area contributed by atoms with Crippen molar-refractivity contribution in [1.29, 1.82) is 0 Å². The van der Waals surface area contributed by atoms with Crippen molar-refractivity contribution < 1.29 is 9.47 Å². The molecule has 7 heteroatoms. The average molecular weight is 421 g/mol. The number of likely N-dealkylation sites (tertiary alicyclic amines) is 1. The molecule has 7 nitrogen and oxygen atoms in total. The van der Waals surface area contributed by atoms with Crippen molar-refractivity contribution in [2.24, 2.45) is 0 Å². The van der Waals surface area contributed by atoms with Crippen LogP contribution in [0.4, 0.5) is 0 Å². The van der Waals surface area contributed by atoms with E-state index in [0.29, 0.717) is 18.1 Å². The van der Waals surface area contributed by atoms with Gasteiger partial charge in [-0.15, -0.1) is 0 Å². The van der Waals surface area contributed by atoms with Gasteiger partial charge < -0.3 is 14.5 Å². The number of ether oxygens (including phenoxy) is 2. The molecule has 1 aromatic carbocycles. The number of hydrogen-bond donors (Lipinski definition) is 1. The Morgan fingerprint density at radius 3 is 2.87 bits per heavy atom. The number of nitrogens with one attached hydrogen (secondary N) is 1. The van der Waals surface area contributed by atoms with E-state index in [1.807, 2.05) is 37.3 Å². The maximum absolute atomic E-state index is 12.3. The highest BCUT2D eigenvalue weighted by molar-refractivity contribution is 5.48. The number of methoxy groups -OCH3 is 1. The molecule has 31 heavy (non-hydrogen) atoms. The van der Waals surface area contributed by atoms with E-state index in [1.165, 1.54) is 5.56 Å². The van der Waals surface area contributed by atoms with Crippen molar-refractivity contribution >= 4 is 0 Å². The van der Waals surface area contributed by atoms with Gasteiger partial charge >= 0.3 is 0 Å². The Morgan fingerprint density at radius 1 is 1.19 bits per heavy atom.